The zero-order chi connectivity index (χ0) is 17.9. The van der Waals surface area contributed by atoms with Crippen LogP contribution in [-0.4, -0.2) is 56.3 Å². The summed E-state index contributed by atoms with van der Waals surface area (Å²) in [5.41, 5.74) is -0.909. The van der Waals surface area contributed by atoms with Crippen molar-refractivity contribution in [3.63, 3.8) is 0 Å². The molecule has 2 saturated carbocycles. The van der Waals surface area contributed by atoms with E-state index in [1.165, 1.54) is 0 Å². The summed E-state index contributed by atoms with van der Waals surface area (Å²) in [5.74, 6) is -0.130. The predicted octanol–water partition coefficient (Wildman–Crippen LogP) is 1.94. The Hall–Kier alpha value is -0.500. The molecule has 6 nitrogen and oxygen atoms in total. The molecule has 2 aliphatic carbocycles. The minimum atomic E-state index is -3.47. The van der Waals surface area contributed by atoms with Crippen LogP contribution >= 0.6 is 0 Å². The van der Waals surface area contributed by atoms with Gasteiger partial charge in [0.15, 0.2) is 5.79 Å². The monoisotopic (exact) mass is 371 g/mol. The molecular formula is C18H29NO5S. The molecule has 2 aliphatic heterocycles. The molecule has 0 unspecified atom stereocenters. The number of ether oxygens (including phenoxy) is 2. The van der Waals surface area contributed by atoms with E-state index in [4.69, 9.17) is 9.47 Å². The number of fused-ring (bicyclic) bond motifs is 2. The third-order valence-electron chi connectivity index (χ3n) is 7.46. The highest BCUT2D eigenvalue weighted by Crippen LogP contribution is 2.64. The second-order valence-corrected chi connectivity index (χ2v) is 10.8. The van der Waals surface area contributed by atoms with Crippen molar-refractivity contribution in [3.8, 4) is 0 Å². The minimum absolute atomic E-state index is 0.0307. The van der Waals surface area contributed by atoms with E-state index >= 15 is 0 Å². The molecule has 0 aromatic heterocycles. The maximum Gasteiger partial charge on any atom is 0.215 e. The lowest BCUT2D eigenvalue weighted by Crippen LogP contribution is -2.53. The Morgan fingerprint density at radius 3 is 2.28 bits per heavy atom. The Bertz CT molecular complexity index is 657. The topological polar surface area (TPSA) is 72.9 Å². The molecule has 2 bridgehead atoms. The number of hydrogen-bond donors (Lipinski definition) is 0. The predicted molar refractivity (Wildman–Crippen MR) is 92.4 cm³/mol. The fourth-order valence-corrected chi connectivity index (χ4v) is 7.74. The van der Waals surface area contributed by atoms with Gasteiger partial charge >= 0.3 is 0 Å². The van der Waals surface area contributed by atoms with Gasteiger partial charge in [-0.15, -0.1) is 0 Å². The van der Waals surface area contributed by atoms with Crippen LogP contribution in [0.1, 0.15) is 52.4 Å². The van der Waals surface area contributed by atoms with Gasteiger partial charge in [0, 0.05) is 37.8 Å². The normalized spacial score (nSPS) is 37.7. The van der Waals surface area contributed by atoms with E-state index in [1.807, 2.05) is 0 Å². The van der Waals surface area contributed by atoms with E-state index in [2.05, 4.69) is 13.8 Å². The van der Waals surface area contributed by atoms with Crippen LogP contribution in [0.15, 0.2) is 0 Å². The molecule has 2 heterocycles. The molecule has 1 spiro atoms. The van der Waals surface area contributed by atoms with Crippen molar-refractivity contribution in [1.82, 2.24) is 4.31 Å². The lowest BCUT2D eigenvalue weighted by Gasteiger charge is -2.44. The van der Waals surface area contributed by atoms with Crippen molar-refractivity contribution in [1.29, 1.82) is 0 Å². The average Bonchev–Trinajstić information content (AvgIpc) is 2.90. The number of Topliss-reactive ketones (excluding diaryl/α,β-unsaturated/α-hetero) is 1. The minimum Gasteiger partial charge on any atom is -0.350 e. The smallest absolute Gasteiger partial charge is 0.215 e. The highest BCUT2D eigenvalue weighted by molar-refractivity contribution is 7.89. The summed E-state index contributed by atoms with van der Waals surface area (Å²) in [6, 6.07) is 0. The molecular weight excluding hydrogens is 342 g/mol. The molecule has 0 radical (unpaired) electrons. The fraction of sp³-hybridized carbons (Fsp3) is 0.944. The van der Waals surface area contributed by atoms with Crippen molar-refractivity contribution in [2.45, 2.75) is 58.2 Å². The van der Waals surface area contributed by atoms with Gasteiger partial charge in [-0.05, 0) is 30.6 Å². The number of rotatable bonds is 3. The first-order valence-electron chi connectivity index (χ1n) is 9.50. The molecule has 4 aliphatic rings. The van der Waals surface area contributed by atoms with Crippen molar-refractivity contribution >= 4 is 15.8 Å². The quantitative estimate of drug-likeness (QED) is 0.758. The van der Waals surface area contributed by atoms with Crippen LogP contribution in [0.5, 0.6) is 0 Å². The summed E-state index contributed by atoms with van der Waals surface area (Å²) in [7, 11) is -3.47. The van der Waals surface area contributed by atoms with E-state index in [0.29, 0.717) is 57.9 Å². The molecule has 25 heavy (non-hydrogen) atoms. The summed E-state index contributed by atoms with van der Waals surface area (Å²) in [6.07, 6.45) is 4.27. The van der Waals surface area contributed by atoms with Gasteiger partial charge < -0.3 is 9.47 Å². The first-order chi connectivity index (χ1) is 11.7. The summed E-state index contributed by atoms with van der Waals surface area (Å²) in [4.78, 5) is 12.7. The van der Waals surface area contributed by atoms with Gasteiger partial charge in [0.2, 0.25) is 10.0 Å². The lowest BCUT2D eigenvalue weighted by molar-refractivity contribution is -0.280. The number of piperidine rings is 1. The molecule has 7 heteroatoms. The van der Waals surface area contributed by atoms with Crippen LogP contribution in [-0.2, 0) is 24.3 Å². The maximum absolute atomic E-state index is 13.1. The second-order valence-electron chi connectivity index (χ2n) is 8.78. The van der Waals surface area contributed by atoms with Crippen molar-refractivity contribution in [2.24, 2.45) is 16.7 Å². The molecule has 0 aromatic carbocycles. The van der Waals surface area contributed by atoms with E-state index in [0.717, 1.165) is 12.8 Å². The summed E-state index contributed by atoms with van der Waals surface area (Å²) in [6.45, 7) is 6.35. The van der Waals surface area contributed by atoms with Crippen LogP contribution in [0.4, 0.5) is 0 Å². The van der Waals surface area contributed by atoms with E-state index < -0.39 is 21.2 Å². The van der Waals surface area contributed by atoms with Gasteiger partial charge in [-0.3, -0.25) is 4.79 Å². The highest BCUT2D eigenvalue weighted by Gasteiger charge is 2.65. The third-order valence-corrected chi connectivity index (χ3v) is 9.47. The SMILES string of the molecule is CC1(C)[C@H]2CC[C@@]1(CS(=O)(=O)N1CCC3(CC1)OCCCO3)C(=O)C2. The Morgan fingerprint density at radius 1 is 1.12 bits per heavy atom. The fourth-order valence-electron chi connectivity index (χ4n) is 5.52. The van der Waals surface area contributed by atoms with E-state index in [-0.39, 0.29) is 17.0 Å². The zero-order valence-electron chi connectivity index (χ0n) is 15.3. The van der Waals surface area contributed by atoms with Crippen LogP contribution in [0, 0.1) is 16.7 Å². The number of carbonyl (C=O) groups is 1. The van der Waals surface area contributed by atoms with E-state index in [9.17, 15) is 13.2 Å². The molecule has 0 aromatic rings. The van der Waals surface area contributed by atoms with Crippen molar-refractivity contribution < 1.29 is 22.7 Å². The number of nitrogens with zero attached hydrogens (tertiary/aromatic N) is 1. The molecule has 0 amide bonds. The summed E-state index contributed by atoms with van der Waals surface area (Å²) >= 11 is 0. The molecule has 4 rings (SSSR count). The number of hydrogen-bond acceptors (Lipinski definition) is 5. The second kappa shape index (κ2) is 5.75. The Balaban J connectivity index is 1.49. The molecule has 4 fully saturated rings. The lowest BCUT2D eigenvalue weighted by atomic mass is 9.70. The average molecular weight is 371 g/mol. The summed E-state index contributed by atoms with van der Waals surface area (Å²) in [5, 5.41) is 0. The van der Waals surface area contributed by atoms with Crippen molar-refractivity contribution in [3.05, 3.63) is 0 Å². The molecule has 142 valence electrons. The first kappa shape index (κ1) is 17.9. The Morgan fingerprint density at radius 2 is 1.76 bits per heavy atom. The largest absolute Gasteiger partial charge is 0.350 e. The molecule has 0 N–H and O–H groups in total. The standard InChI is InChI=1S/C18H29NO5S/c1-16(2)14-4-5-17(16,15(20)12-14)13-25(21,22)19-8-6-18(7-9-19)23-10-3-11-24-18/h14H,3-13H2,1-2H3/t14-,17+/m0/s1. The highest BCUT2D eigenvalue weighted by atomic mass is 32.2. The van der Waals surface area contributed by atoms with Crippen LogP contribution in [0.3, 0.4) is 0 Å². The van der Waals surface area contributed by atoms with Crippen LogP contribution < -0.4 is 0 Å². The number of carbonyl (C=O) groups excluding carboxylic acids is 1. The van der Waals surface area contributed by atoms with Gasteiger partial charge in [0.05, 0.1) is 19.0 Å². The first-order valence-corrected chi connectivity index (χ1v) is 11.1. The van der Waals surface area contributed by atoms with Gasteiger partial charge in [0.1, 0.15) is 5.78 Å². The van der Waals surface area contributed by atoms with Gasteiger partial charge in [-0.25, -0.2) is 12.7 Å². The van der Waals surface area contributed by atoms with E-state index in [1.54, 1.807) is 4.31 Å². The Kier molecular flexibility index (Phi) is 4.11. The van der Waals surface area contributed by atoms with Crippen LogP contribution in [0.2, 0.25) is 0 Å². The maximum atomic E-state index is 13.1. The van der Waals surface area contributed by atoms with Crippen molar-refractivity contribution in [2.75, 3.05) is 32.1 Å². The van der Waals surface area contributed by atoms with Gasteiger partial charge in [-0.1, -0.05) is 13.8 Å². The number of ketones is 1. The summed E-state index contributed by atoms with van der Waals surface area (Å²) < 4.78 is 39.4. The zero-order valence-corrected chi connectivity index (χ0v) is 16.1. The van der Waals surface area contributed by atoms with Crippen LogP contribution in [0.25, 0.3) is 0 Å². The number of sulfonamides is 1. The molecule has 2 saturated heterocycles. The molecule has 2 atom stereocenters. The third kappa shape index (κ3) is 2.61. The van der Waals surface area contributed by atoms with Gasteiger partial charge in [0.25, 0.3) is 0 Å². The Labute approximate surface area is 150 Å². The van der Waals surface area contributed by atoms with Gasteiger partial charge in [-0.2, -0.15) is 0 Å².